The Balaban J connectivity index is 5.24. The highest BCUT2D eigenvalue weighted by molar-refractivity contribution is 7.72. The van der Waals surface area contributed by atoms with Gasteiger partial charge in [0, 0.05) is 0 Å². The number of hydrogen-bond donors (Lipinski definition) is 2. The van der Waals surface area contributed by atoms with Crippen LogP contribution in [-0.2, 0) is 22.9 Å². The Labute approximate surface area is 136 Å². The average molecular weight is 379 g/mol. The van der Waals surface area contributed by atoms with Crippen molar-refractivity contribution >= 4 is 26.8 Å². The first-order valence-electron chi connectivity index (χ1n) is 6.99. The van der Waals surface area contributed by atoms with E-state index in [1.807, 2.05) is 0 Å². The molecule has 0 saturated carbocycles. The average Bonchev–Trinajstić information content (AvgIpc) is 2.43. The molecule has 0 heterocycles. The lowest BCUT2D eigenvalue weighted by Gasteiger charge is -2.29. The fourth-order valence-corrected chi connectivity index (χ4v) is 6.54. The molecule has 0 fully saturated rings. The van der Waals surface area contributed by atoms with Crippen LogP contribution in [0.1, 0.15) is 26.7 Å². The van der Waals surface area contributed by atoms with E-state index in [4.69, 9.17) is 25.4 Å². The monoisotopic (exact) mass is 378 g/mol. The maximum absolute atomic E-state index is 12.3. The second-order valence-corrected chi connectivity index (χ2v) is 9.40. The molecule has 0 radical (unpaired) electrons. The lowest BCUT2D eigenvalue weighted by Crippen LogP contribution is -2.28. The second-order valence-electron chi connectivity index (χ2n) is 4.55. The predicted octanol–water partition coefficient (Wildman–Crippen LogP) is 3.35. The van der Waals surface area contributed by atoms with Gasteiger partial charge in [0.1, 0.15) is 0 Å². The SMILES string of the molecule is C=CCOCC(Cl)C(P(=O)(O)OCCC)P(=O)(O)OCCC. The van der Waals surface area contributed by atoms with Crippen LogP contribution in [0, 0.1) is 0 Å². The first-order valence-corrected chi connectivity index (χ1v) is 10.7. The number of halogens is 1. The van der Waals surface area contributed by atoms with Gasteiger partial charge in [-0.15, -0.1) is 18.2 Å². The largest absolute Gasteiger partial charge is 0.376 e. The highest BCUT2D eigenvalue weighted by atomic mass is 35.5. The lowest BCUT2D eigenvalue weighted by atomic mass is 10.5. The first kappa shape index (κ1) is 22.3. The topological polar surface area (TPSA) is 102 Å². The molecule has 0 bridgehead atoms. The number of alkyl halides is 1. The summed E-state index contributed by atoms with van der Waals surface area (Å²) in [6.45, 7) is 6.82. The van der Waals surface area contributed by atoms with E-state index >= 15 is 0 Å². The first-order chi connectivity index (χ1) is 10.2. The molecule has 3 atom stereocenters. The number of hydrogen-bond acceptors (Lipinski definition) is 5. The summed E-state index contributed by atoms with van der Waals surface area (Å²) in [4.78, 5) is 20.1. The van der Waals surface area contributed by atoms with Crippen molar-refractivity contribution in [3.05, 3.63) is 12.7 Å². The zero-order valence-electron chi connectivity index (χ0n) is 12.9. The molecule has 7 nitrogen and oxygen atoms in total. The second kappa shape index (κ2) is 11.0. The Morgan fingerprint density at radius 3 is 1.95 bits per heavy atom. The molecule has 22 heavy (non-hydrogen) atoms. The van der Waals surface area contributed by atoms with Gasteiger partial charge in [-0.3, -0.25) is 9.13 Å². The van der Waals surface area contributed by atoms with Crippen molar-refractivity contribution in [2.24, 2.45) is 0 Å². The fourth-order valence-electron chi connectivity index (χ4n) is 1.54. The highest BCUT2D eigenvalue weighted by Crippen LogP contribution is 2.67. The Morgan fingerprint density at radius 2 is 1.59 bits per heavy atom. The van der Waals surface area contributed by atoms with Crippen molar-refractivity contribution in [2.75, 3.05) is 26.4 Å². The zero-order valence-corrected chi connectivity index (χ0v) is 15.4. The molecule has 0 aromatic rings. The van der Waals surface area contributed by atoms with Crippen molar-refractivity contribution in [3.63, 3.8) is 0 Å². The summed E-state index contributed by atoms with van der Waals surface area (Å²) in [6, 6.07) is 0. The molecule has 132 valence electrons. The van der Waals surface area contributed by atoms with E-state index < -0.39 is 26.0 Å². The van der Waals surface area contributed by atoms with Crippen molar-refractivity contribution in [1.82, 2.24) is 0 Å². The van der Waals surface area contributed by atoms with Crippen molar-refractivity contribution in [1.29, 1.82) is 0 Å². The standard InChI is InChI=1S/C12H25ClO7P2/c1-4-7-18-10-11(13)12(21(14,15)19-8-5-2)22(16,17)20-9-6-3/h4,11-12H,1,5-10H2,2-3H3,(H,14,15)(H,16,17). The van der Waals surface area contributed by atoms with E-state index in [0.29, 0.717) is 12.8 Å². The van der Waals surface area contributed by atoms with Crippen LogP contribution in [0.2, 0.25) is 0 Å². The Morgan fingerprint density at radius 1 is 1.14 bits per heavy atom. The molecular weight excluding hydrogens is 354 g/mol. The van der Waals surface area contributed by atoms with E-state index in [9.17, 15) is 18.9 Å². The van der Waals surface area contributed by atoms with E-state index in [-0.39, 0.29) is 26.4 Å². The van der Waals surface area contributed by atoms with Crippen LogP contribution in [0.4, 0.5) is 0 Å². The van der Waals surface area contributed by atoms with Gasteiger partial charge in [0.2, 0.25) is 0 Å². The van der Waals surface area contributed by atoms with Gasteiger partial charge in [0.25, 0.3) is 0 Å². The molecule has 0 aliphatic heterocycles. The van der Waals surface area contributed by atoms with Gasteiger partial charge >= 0.3 is 15.2 Å². The summed E-state index contributed by atoms with van der Waals surface area (Å²) in [5.41, 5.74) is 0. The molecule has 2 N–H and O–H groups in total. The lowest BCUT2D eigenvalue weighted by molar-refractivity contribution is 0.157. The molecule has 0 aliphatic rings. The molecule has 0 aromatic heterocycles. The van der Waals surface area contributed by atoms with E-state index in [2.05, 4.69) is 6.58 Å². The summed E-state index contributed by atoms with van der Waals surface area (Å²) >= 11 is 6.03. The fraction of sp³-hybridized carbons (Fsp3) is 0.833. The molecule has 10 heteroatoms. The van der Waals surface area contributed by atoms with Gasteiger partial charge in [-0.25, -0.2) is 0 Å². The van der Waals surface area contributed by atoms with Gasteiger partial charge in [-0.05, 0) is 12.8 Å². The predicted molar refractivity (Wildman–Crippen MR) is 86.6 cm³/mol. The normalized spacial score (nSPS) is 19.9. The van der Waals surface area contributed by atoms with Crippen LogP contribution in [0.3, 0.4) is 0 Å². The van der Waals surface area contributed by atoms with Crippen molar-refractivity contribution < 1.29 is 32.7 Å². The molecule has 0 amide bonds. The minimum atomic E-state index is -4.46. The third-order valence-electron chi connectivity index (χ3n) is 2.47. The summed E-state index contributed by atoms with van der Waals surface area (Å²) in [5, 5.41) is -3.00. The van der Waals surface area contributed by atoms with Crippen LogP contribution < -0.4 is 0 Å². The third kappa shape index (κ3) is 7.71. The summed E-state index contributed by atoms with van der Waals surface area (Å²) in [6.07, 6.45) is 2.42. The molecule has 0 spiro atoms. The van der Waals surface area contributed by atoms with Crippen LogP contribution in [0.5, 0.6) is 0 Å². The van der Waals surface area contributed by atoms with Gasteiger partial charge in [-0.1, -0.05) is 19.9 Å². The Hall–Kier alpha value is 0.290. The zero-order chi connectivity index (χ0) is 17.2. The Bertz CT molecular complexity index is 390. The third-order valence-corrected chi connectivity index (χ3v) is 8.11. The minimum absolute atomic E-state index is 0.0326. The smallest absolute Gasteiger partial charge is 0.344 e. The molecule has 0 aliphatic carbocycles. The molecule has 0 rings (SSSR count). The molecule has 0 aromatic carbocycles. The van der Waals surface area contributed by atoms with Gasteiger partial charge in [0.15, 0.2) is 5.40 Å². The van der Waals surface area contributed by atoms with E-state index in [1.54, 1.807) is 13.8 Å². The van der Waals surface area contributed by atoms with Crippen molar-refractivity contribution in [3.8, 4) is 0 Å². The quantitative estimate of drug-likeness (QED) is 0.219. The molecule has 3 unspecified atom stereocenters. The molecule has 0 saturated heterocycles. The number of rotatable bonds is 13. The highest BCUT2D eigenvalue weighted by Gasteiger charge is 2.51. The van der Waals surface area contributed by atoms with Crippen LogP contribution >= 0.6 is 26.8 Å². The van der Waals surface area contributed by atoms with Gasteiger partial charge < -0.3 is 23.6 Å². The van der Waals surface area contributed by atoms with E-state index in [1.165, 1.54) is 6.08 Å². The minimum Gasteiger partial charge on any atom is -0.376 e. The van der Waals surface area contributed by atoms with Crippen LogP contribution in [-0.4, -0.2) is 47.0 Å². The summed E-state index contributed by atoms with van der Waals surface area (Å²) in [5.74, 6) is 0. The number of ether oxygens (including phenoxy) is 1. The summed E-state index contributed by atoms with van der Waals surface area (Å²) < 4.78 is 39.5. The van der Waals surface area contributed by atoms with Gasteiger partial charge in [0.05, 0.1) is 31.8 Å². The van der Waals surface area contributed by atoms with E-state index in [0.717, 1.165) is 0 Å². The maximum atomic E-state index is 12.3. The van der Waals surface area contributed by atoms with Gasteiger partial charge in [-0.2, -0.15) is 0 Å². The summed E-state index contributed by atoms with van der Waals surface area (Å²) in [7, 11) is -8.92. The maximum Gasteiger partial charge on any atom is 0.344 e. The molecular formula is C12H25ClO7P2. The van der Waals surface area contributed by atoms with Crippen LogP contribution in [0.15, 0.2) is 12.7 Å². The van der Waals surface area contributed by atoms with Crippen LogP contribution in [0.25, 0.3) is 0 Å². The Kier molecular flexibility index (Phi) is 11.1. The van der Waals surface area contributed by atoms with Crippen molar-refractivity contribution in [2.45, 2.75) is 37.5 Å².